The Hall–Kier alpha value is -0.660. The van der Waals surface area contributed by atoms with Gasteiger partial charge in [0, 0.05) is 31.7 Å². The molecule has 118 valence electrons. The third-order valence-corrected chi connectivity index (χ3v) is 4.50. The van der Waals surface area contributed by atoms with E-state index >= 15 is 0 Å². The average Bonchev–Trinajstić information content (AvgIpc) is 2.77. The van der Waals surface area contributed by atoms with Gasteiger partial charge in [0.2, 0.25) is 15.9 Å². The first-order valence-electron chi connectivity index (χ1n) is 6.96. The SMILES string of the molecule is CC(C)(C)C(=O)NCCN(CC1CCCO1)S(C)(=O)=O. The summed E-state index contributed by atoms with van der Waals surface area (Å²) in [4.78, 5) is 11.7. The van der Waals surface area contributed by atoms with E-state index in [2.05, 4.69) is 5.32 Å². The maximum atomic E-state index is 11.7. The van der Waals surface area contributed by atoms with E-state index in [-0.39, 0.29) is 18.6 Å². The zero-order valence-electron chi connectivity index (χ0n) is 12.8. The molecule has 6 nitrogen and oxygen atoms in total. The van der Waals surface area contributed by atoms with E-state index in [0.29, 0.717) is 19.7 Å². The molecule has 0 aromatic rings. The summed E-state index contributed by atoms with van der Waals surface area (Å²) in [7, 11) is -3.28. The van der Waals surface area contributed by atoms with E-state index in [1.807, 2.05) is 20.8 Å². The van der Waals surface area contributed by atoms with Crippen LogP contribution >= 0.6 is 0 Å². The van der Waals surface area contributed by atoms with E-state index < -0.39 is 15.4 Å². The third-order valence-electron chi connectivity index (χ3n) is 3.23. The van der Waals surface area contributed by atoms with Crippen molar-refractivity contribution < 1.29 is 17.9 Å². The van der Waals surface area contributed by atoms with Crippen LogP contribution in [0.3, 0.4) is 0 Å². The minimum atomic E-state index is -3.28. The van der Waals surface area contributed by atoms with Gasteiger partial charge in [0.15, 0.2) is 0 Å². The molecule has 7 heteroatoms. The number of hydrogen-bond acceptors (Lipinski definition) is 4. The second-order valence-corrected chi connectivity index (χ2v) is 8.24. The number of sulfonamides is 1. The number of nitrogens with zero attached hydrogens (tertiary/aromatic N) is 1. The first-order chi connectivity index (χ1) is 9.10. The molecule has 0 aromatic carbocycles. The molecule has 0 aliphatic carbocycles. The van der Waals surface area contributed by atoms with Gasteiger partial charge in [-0.05, 0) is 12.8 Å². The number of amides is 1. The Balaban J connectivity index is 2.47. The molecule has 0 aromatic heterocycles. The van der Waals surface area contributed by atoms with Crippen LogP contribution in [-0.4, -0.2) is 57.2 Å². The molecule has 1 fully saturated rings. The van der Waals surface area contributed by atoms with Crippen molar-refractivity contribution in [2.75, 3.05) is 32.5 Å². The molecule has 0 radical (unpaired) electrons. The Morgan fingerprint density at radius 3 is 2.50 bits per heavy atom. The molecule has 1 unspecified atom stereocenters. The quantitative estimate of drug-likeness (QED) is 0.779. The Morgan fingerprint density at radius 1 is 1.40 bits per heavy atom. The highest BCUT2D eigenvalue weighted by atomic mass is 32.2. The number of hydrogen-bond donors (Lipinski definition) is 1. The number of carbonyl (C=O) groups is 1. The third kappa shape index (κ3) is 5.76. The molecule has 1 N–H and O–H groups in total. The van der Waals surface area contributed by atoms with Crippen LogP contribution in [0, 0.1) is 5.41 Å². The Morgan fingerprint density at radius 2 is 2.05 bits per heavy atom. The summed E-state index contributed by atoms with van der Waals surface area (Å²) in [6.45, 7) is 7.12. The van der Waals surface area contributed by atoms with Crippen molar-refractivity contribution in [3.05, 3.63) is 0 Å². The smallest absolute Gasteiger partial charge is 0.225 e. The highest BCUT2D eigenvalue weighted by Gasteiger charge is 2.25. The summed E-state index contributed by atoms with van der Waals surface area (Å²) < 4.78 is 30.3. The van der Waals surface area contributed by atoms with Crippen LogP contribution < -0.4 is 5.32 Å². The lowest BCUT2D eigenvalue weighted by atomic mass is 9.96. The van der Waals surface area contributed by atoms with Gasteiger partial charge in [0.05, 0.1) is 12.4 Å². The van der Waals surface area contributed by atoms with Crippen molar-refractivity contribution in [1.82, 2.24) is 9.62 Å². The largest absolute Gasteiger partial charge is 0.377 e. The zero-order valence-corrected chi connectivity index (χ0v) is 13.6. The van der Waals surface area contributed by atoms with Gasteiger partial charge in [0.25, 0.3) is 0 Å². The predicted molar refractivity (Wildman–Crippen MR) is 77.9 cm³/mol. The minimum Gasteiger partial charge on any atom is -0.377 e. The monoisotopic (exact) mass is 306 g/mol. The van der Waals surface area contributed by atoms with Crippen LogP contribution in [-0.2, 0) is 19.6 Å². The fourth-order valence-electron chi connectivity index (χ4n) is 1.97. The normalized spacial score (nSPS) is 20.4. The van der Waals surface area contributed by atoms with Gasteiger partial charge in [-0.3, -0.25) is 4.79 Å². The van der Waals surface area contributed by atoms with Gasteiger partial charge in [0.1, 0.15) is 0 Å². The lowest BCUT2D eigenvalue weighted by molar-refractivity contribution is -0.128. The number of rotatable bonds is 6. The molecule has 0 bridgehead atoms. The summed E-state index contributed by atoms with van der Waals surface area (Å²) >= 11 is 0. The minimum absolute atomic E-state index is 0.0250. The Labute approximate surface area is 121 Å². The van der Waals surface area contributed by atoms with Crippen LogP contribution in [0.15, 0.2) is 0 Å². The summed E-state index contributed by atoms with van der Waals surface area (Å²) in [6, 6.07) is 0. The fraction of sp³-hybridized carbons (Fsp3) is 0.923. The summed E-state index contributed by atoms with van der Waals surface area (Å²) in [5.41, 5.74) is -0.468. The zero-order chi connectivity index (χ0) is 15.4. The lowest BCUT2D eigenvalue weighted by Gasteiger charge is -2.24. The van der Waals surface area contributed by atoms with Crippen molar-refractivity contribution in [1.29, 1.82) is 0 Å². The molecule has 1 aliphatic rings. The standard InChI is InChI=1S/C13H26N2O4S/c1-13(2,3)12(16)14-7-8-15(20(4,17)18)10-11-6-5-9-19-11/h11H,5-10H2,1-4H3,(H,14,16). The van der Waals surface area contributed by atoms with Gasteiger partial charge in [-0.15, -0.1) is 0 Å². The van der Waals surface area contributed by atoms with Crippen molar-refractivity contribution in [3.8, 4) is 0 Å². The van der Waals surface area contributed by atoms with Crippen molar-refractivity contribution in [2.45, 2.75) is 39.7 Å². The highest BCUT2D eigenvalue weighted by molar-refractivity contribution is 7.88. The molecular weight excluding hydrogens is 280 g/mol. The van der Waals surface area contributed by atoms with Crippen molar-refractivity contribution >= 4 is 15.9 Å². The van der Waals surface area contributed by atoms with Crippen LogP contribution in [0.25, 0.3) is 0 Å². The van der Waals surface area contributed by atoms with Crippen LogP contribution in [0.4, 0.5) is 0 Å². The van der Waals surface area contributed by atoms with E-state index in [1.54, 1.807) is 0 Å². The van der Waals surface area contributed by atoms with Crippen LogP contribution in [0.1, 0.15) is 33.6 Å². The predicted octanol–water partition coefficient (Wildman–Crippen LogP) is 0.589. The van der Waals surface area contributed by atoms with Crippen LogP contribution in [0.5, 0.6) is 0 Å². The molecule has 1 rings (SSSR count). The summed E-state index contributed by atoms with van der Waals surface area (Å²) in [6.07, 6.45) is 3.03. The lowest BCUT2D eigenvalue weighted by Crippen LogP contribution is -2.43. The first kappa shape index (κ1) is 17.4. The van der Waals surface area contributed by atoms with E-state index in [9.17, 15) is 13.2 Å². The van der Waals surface area contributed by atoms with Gasteiger partial charge in [-0.1, -0.05) is 20.8 Å². The summed E-state index contributed by atoms with van der Waals surface area (Å²) in [5.74, 6) is -0.0805. The molecular formula is C13H26N2O4S. The summed E-state index contributed by atoms with van der Waals surface area (Å²) in [5, 5.41) is 2.76. The van der Waals surface area contributed by atoms with E-state index in [0.717, 1.165) is 12.8 Å². The number of ether oxygens (including phenoxy) is 1. The maximum Gasteiger partial charge on any atom is 0.225 e. The van der Waals surface area contributed by atoms with Crippen LogP contribution in [0.2, 0.25) is 0 Å². The topological polar surface area (TPSA) is 75.7 Å². The van der Waals surface area contributed by atoms with Crippen molar-refractivity contribution in [3.63, 3.8) is 0 Å². The Bertz CT molecular complexity index is 422. The van der Waals surface area contributed by atoms with Gasteiger partial charge in [-0.2, -0.15) is 4.31 Å². The van der Waals surface area contributed by atoms with Crippen molar-refractivity contribution in [2.24, 2.45) is 5.41 Å². The van der Waals surface area contributed by atoms with E-state index in [4.69, 9.17) is 4.74 Å². The second-order valence-electron chi connectivity index (χ2n) is 6.26. The number of nitrogens with one attached hydrogen (secondary N) is 1. The average molecular weight is 306 g/mol. The second kappa shape index (κ2) is 6.87. The van der Waals surface area contributed by atoms with Gasteiger partial charge >= 0.3 is 0 Å². The molecule has 1 atom stereocenters. The highest BCUT2D eigenvalue weighted by Crippen LogP contribution is 2.15. The van der Waals surface area contributed by atoms with Gasteiger partial charge in [-0.25, -0.2) is 8.42 Å². The Kier molecular flexibility index (Phi) is 5.97. The molecule has 1 saturated heterocycles. The molecule has 20 heavy (non-hydrogen) atoms. The van der Waals surface area contributed by atoms with Gasteiger partial charge < -0.3 is 10.1 Å². The molecule has 1 amide bonds. The first-order valence-corrected chi connectivity index (χ1v) is 8.80. The maximum absolute atomic E-state index is 11.7. The van der Waals surface area contributed by atoms with E-state index in [1.165, 1.54) is 10.6 Å². The molecule has 0 saturated carbocycles. The number of carbonyl (C=O) groups excluding carboxylic acids is 1. The molecule has 1 aliphatic heterocycles. The fourth-order valence-corrected chi connectivity index (χ4v) is 2.83. The molecule has 1 heterocycles. The molecule has 0 spiro atoms.